The van der Waals surface area contributed by atoms with Crippen LogP contribution < -0.4 is 10.1 Å². The van der Waals surface area contributed by atoms with Gasteiger partial charge in [-0.25, -0.2) is 9.38 Å². The van der Waals surface area contributed by atoms with E-state index in [1.807, 2.05) is 24.3 Å². The normalized spacial score (nSPS) is 16.9. The lowest BCUT2D eigenvalue weighted by atomic mass is 9.80. The number of benzene rings is 4. The van der Waals surface area contributed by atoms with Gasteiger partial charge in [-0.15, -0.1) is 0 Å². The van der Waals surface area contributed by atoms with Crippen LogP contribution in [-0.2, 0) is 28.9 Å². The summed E-state index contributed by atoms with van der Waals surface area (Å²) in [4.78, 5) is 22.5. The topological polar surface area (TPSA) is 129 Å². The van der Waals surface area contributed by atoms with Gasteiger partial charge in [-0.05, 0) is 71.1 Å². The molecule has 0 saturated heterocycles. The summed E-state index contributed by atoms with van der Waals surface area (Å²) in [5, 5.41) is 16.5. The Morgan fingerprint density at radius 3 is 2.47 bits per heavy atom. The SMILES string of the molecule is [N-]=[N+]=NCc1ccccc1C[C@@]1(C(=O)NCCc2ccccc2F)N=C(c2ccc(OCCCO)cc2)O[C@@H]1c1ccc(Cl)cc1Cl. The number of aliphatic hydroxyl groups is 1. The summed E-state index contributed by atoms with van der Waals surface area (Å²) in [6, 6.07) is 25.7. The third kappa shape index (κ3) is 8.04. The third-order valence-electron chi connectivity index (χ3n) is 7.80. The second kappa shape index (κ2) is 15.8. The minimum Gasteiger partial charge on any atom is -0.494 e. The molecule has 0 aliphatic carbocycles. The van der Waals surface area contributed by atoms with E-state index in [4.69, 9.17) is 48.3 Å². The molecule has 0 aromatic heterocycles. The quantitative estimate of drug-likeness (QED) is 0.0618. The number of aliphatic imine (C=N–C) groups is 1. The number of nitrogens with zero attached hydrogens (tertiary/aromatic N) is 4. The average Bonchev–Trinajstić information content (AvgIpc) is 3.45. The van der Waals surface area contributed by atoms with Crippen LogP contribution >= 0.6 is 23.2 Å². The molecule has 2 atom stereocenters. The molecule has 0 radical (unpaired) electrons. The predicted molar refractivity (Wildman–Crippen MR) is 179 cm³/mol. The fourth-order valence-corrected chi connectivity index (χ4v) is 5.93. The van der Waals surface area contributed by atoms with E-state index in [0.717, 1.165) is 11.1 Å². The second-order valence-corrected chi connectivity index (χ2v) is 11.7. The fraction of sp³-hybridized carbons (Fsp3) is 0.257. The molecule has 0 fully saturated rings. The zero-order chi connectivity index (χ0) is 33.2. The number of ether oxygens (including phenoxy) is 2. The molecule has 1 amide bonds. The Balaban J connectivity index is 1.59. The van der Waals surface area contributed by atoms with E-state index in [2.05, 4.69) is 15.3 Å². The monoisotopic (exact) mass is 675 g/mol. The molecule has 1 aliphatic rings. The molecule has 9 nitrogen and oxygen atoms in total. The number of amides is 1. The number of hydrogen-bond acceptors (Lipinski definition) is 6. The van der Waals surface area contributed by atoms with Crippen LogP contribution in [0.25, 0.3) is 10.4 Å². The van der Waals surface area contributed by atoms with Crippen molar-refractivity contribution in [3.05, 3.63) is 145 Å². The molecular weight excluding hydrogens is 644 g/mol. The minimum atomic E-state index is -1.59. The van der Waals surface area contributed by atoms with Gasteiger partial charge in [-0.3, -0.25) is 4.79 Å². The lowest BCUT2D eigenvalue weighted by molar-refractivity contribution is -0.128. The zero-order valence-corrected chi connectivity index (χ0v) is 26.8. The van der Waals surface area contributed by atoms with Crippen molar-refractivity contribution in [3.63, 3.8) is 0 Å². The van der Waals surface area contributed by atoms with E-state index in [9.17, 15) is 9.18 Å². The van der Waals surface area contributed by atoms with Gasteiger partial charge < -0.3 is 19.9 Å². The van der Waals surface area contributed by atoms with Crippen molar-refractivity contribution in [3.8, 4) is 5.75 Å². The van der Waals surface area contributed by atoms with Crippen LogP contribution in [0.4, 0.5) is 4.39 Å². The number of halogens is 3. The molecule has 47 heavy (non-hydrogen) atoms. The first-order chi connectivity index (χ1) is 22.8. The molecule has 4 aromatic rings. The second-order valence-electron chi connectivity index (χ2n) is 10.9. The molecule has 5 rings (SSSR count). The Bertz CT molecular complexity index is 1800. The van der Waals surface area contributed by atoms with Gasteiger partial charge in [0.2, 0.25) is 5.90 Å². The van der Waals surface area contributed by atoms with Crippen molar-refractivity contribution in [2.24, 2.45) is 10.1 Å². The molecule has 1 aliphatic heterocycles. The van der Waals surface area contributed by atoms with E-state index < -0.39 is 17.6 Å². The number of aliphatic hydroxyl groups excluding tert-OH is 1. The van der Waals surface area contributed by atoms with Crippen molar-refractivity contribution in [2.75, 3.05) is 19.8 Å². The molecule has 0 unspecified atom stereocenters. The summed E-state index contributed by atoms with van der Waals surface area (Å²) in [7, 11) is 0. The first kappa shape index (κ1) is 33.8. The average molecular weight is 677 g/mol. The third-order valence-corrected chi connectivity index (χ3v) is 8.36. The van der Waals surface area contributed by atoms with Crippen molar-refractivity contribution >= 4 is 35.0 Å². The maximum Gasteiger partial charge on any atom is 0.252 e. The molecular formula is C35H32Cl2FN5O4. The van der Waals surface area contributed by atoms with Gasteiger partial charge in [0.05, 0.1) is 13.2 Å². The number of hydrogen-bond donors (Lipinski definition) is 2. The number of carbonyl (C=O) groups excluding carboxylic acids is 1. The Kier molecular flexibility index (Phi) is 11.3. The molecule has 0 saturated carbocycles. The zero-order valence-electron chi connectivity index (χ0n) is 25.3. The number of rotatable bonds is 14. The molecule has 242 valence electrons. The minimum absolute atomic E-state index is 0.0216. The van der Waals surface area contributed by atoms with Gasteiger partial charge in [0.25, 0.3) is 5.91 Å². The highest BCUT2D eigenvalue weighted by molar-refractivity contribution is 6.35. The lowest BCUT2D eigenvalue weighted by Gasteiger charge is -2.32. The summed E-state index contributed by atoms with van der Waals surface area (Å²) in [5.74, 6) is -0.00752. The summed E-state index contributed by atoms with van der Waals surface area (Å²) in [5.41, 5.74) is 10.4. The van der Waals surface area contributed by atoms with Crippen LogP contribution in [0.3, 0.4) is 0 Å². The van der Waals surface area contributed by atoms with E-state index in [1.165, 1.54) is 6.07 Å². The Morgan fingerprint density at radius 1 is 1.04 bits per heavy atom. The smallest absolute Gasteiger partial charge is 0.252 e. The first-order valence-corrected chi connectivity index (χ1v) is 15.7. The summed E-state index contributed by atoms with van der Waals surface area (Å²) >= 11 is 13.0. The molecule has 0 bridgehead atoms. The predicted octanol–water partition coefficient (Wildman–Crippen LogP) is 7.56. The van der Waals surface area contributed by atoms with Crippen molar-refractivity contribution in [1.29, 1.82) is 0 Å². The maximum absolute atomic E-state index is 14.5. The highest BCUT2D eigenvalue weighted by atomic mass is 35.5. The number of nitrogens with one attached hydrogen (secondary N) is 1. The Morgan fingerprint density at radius 2 is 1.77 bits per heavy atom. The molecule has 12 heteroatoms. The van der Waals surface area contributed by atoms with Gasteiger partial charge >= 0.3 is 0 Å². The summed E-state index contributed by atoms with van der Waals surface area (Å²) < 4.78 is 26.6. The molecule has 2 N–H and O–H groups in total. The standard InChI is InChI=1S/C35H32Cl2FN5O4/c36-27-12-15-29(30(37)20-27)32-35(21-25-7-1-2-8-26(25)22-41-43-39,34(45)40-17-16-23-6-3-4-9-31(23)38)42-33(47-32)24-10-13-28(14-11-24)46-19-5-18-44/h1-4,6-15,20,32,44H,5,16-19,21-22H2,(H,40,45)/t32-,35-/m1/s1. The molecule has 4 aromatic carbocycles. The van der Waals surface area contributed by atoms with Crippen LogP contribution in [0.2, 0.25) is 10.0 Å². The van der Waals surface area contributed by atoms with E-state index in [0.29, 0.717) is 40.5 Å². The van der Waals surface area contributed by atoms with Crippen LogP contribution in [0.5, 0.6) is 5.75 Å². The van der Waals surface area contributed by atoms with Crippen LogP contribution in [-0.4, -0.2) is 42.2 Å². The lowest BCUT2D eigenvalue weighted by Crippen LogP contribution is -2.50. The van der Waals surface area contributed by atoms with Gasteiger partial charge in [-0.2, -0.15) is 0 Å². The molecule has 1 heterocycles. The van der Waals surface area contributed by atoms with Gasteiger partial charge in [-0.1, -0.05) is 76.8 Å². The van der Waals surface area contributed by atoms with Gasteiger partial charge in [0.15, 0.2) is 11.6 Å². The fourth-order valence-electron chi connectivity index (χ4n) is 5.42. The van der Waals surface area contributed by atoms with E-state index >= 15 is 0 Å². The molecule has 0 spiro atoms. The van der Waals surface area contributed by atoms with Crippen LogP contribution in [0.15, 0.2) is 101 Å². The van der Waals surface area contributed by atoms with Gasteiger partial charge in [0.1, 0.15) is 11.6 Å². The van der Waals surface area contributed by atoms with E-state index in [-0.39, 0.29) is 49.3 Å². The van der Waals surface area contributed by atoms with Crippen molar-refractivity contribution < 1.29 is 23.8 Å². The highest BCUT2D eigenvalue weighted by Gasteiger charge is 2.54. The number of carbonyl (C=O) groups is 1. The maximum atomic E-state index is 14.5. The van der Waals surface area contributed by atoms with Crippen molar-refractivity contribution in [2.45, 2.75) is 37.5 Å². The summed E-state index contributed by atoms with van der Waals surface area (Å²) in [6.07, 6.45) is -0.186. The largest absolute Gasteiger partial charge is 0.494 e. The van der Waals surface area contributed by atoms with Crippen LogP contribution in [0.1, 0.15) is 40.3 Å². The first-order valence-electron chi connectivity index (χ1n) is 15.0. The van der Waals surface area contributed by atoms with E-state index in [1.54, 1.807) is 60.7 Å². The Labute approximate surface area is 281 Å². The number of azide groups is 1. The highest BCUT2D eigenvalue weighted by Crippen LogP contribution is 2.45. The van der Waals surface area contributed by atoms with Crippen molar-refractivity contribution in [1.82, 2.24) is 5.32 Å². The van der Waals surface area contributed by atoms with Gasteiger partial charge in [0, 0.05) is 52.1 Å². The summed E-state index contributed by atoms with van der Waals surface area (Å²) in [6.45, 7) is 0.580. The van der Waals surface area contributed by atoms with Crippen LogP contribution in [0, 0.1) is 5.82 Å². The Hall–Kier alpha value is -4.60.